The highest BCUT2D eigenvalue weighted by molar-refractivity contribution is 7.98. The molecule has 0 aromatic heterocycles. The van der Waals surface area contributed by atoms with Gasteiger partial charge in [-0.15, -0.1) is 0 Å². The van der Waals surface area contributed by atoms with E-state index in [1.165, 1.54) is 0 Å². The Kier molecular flexibility index (Phi) is 5.50. The third-order valence-corrected chi connectivity index (χ3v) is 4.78. The Morgan fingerprint density at radius 2 is 1.94 bits per heavy atom. The van der Waals surface area contributed by atoms with Gasteiger partial charge in [0.15, 0.2) is 0 Å². The smallest absolute Gasteiger partial charge is 0.310 e. The van der Waals surface area contributed by atoms with E-state index in [1.54, 1.807) is 23.7 Å². The maximum atomic E-state index is 12.2. The van der Waals surface area contributed by atoms with E-state index in [1.807, 2.05) is 13.2 Å². The van der Waals surface area contributed by atoms with Gasteiger partial charge < -0.3 is 10.0 Å². The summed E-state index contributed by atoms with van der Waals surface area (Å²) in [6.07, 6.45) is 5.27. The van der Waals surface area contributed by atoms with Crippen LogP contribution < -0.4 is 0 Å². The van der Waals surface area contributed by atoms with Crippen molar-refractivity contribution in [3.63, 3.8) is 0 Å². The standard InChI is InChI=1S/C13H23NO3S/c1-10(9-18-3)14(2)11(15)8-13(12(16)17)6-4-5-7-13/h10H,4-9H2,1-3H3,(H,16,17). The third-order valence-electron chi connectivity index (χ3n) is 3.97. The van der Waals surface area contributed by atoms with Crippen LogP contribution in [0.2, 0.25) is 0 Å². The highest BCUT2D eigenvalue weighted by atomic mass is 32.2. The molecule has 0 saturated heterocycles. The zero-order valence-corrected chi connectivity index (χ0v) is 12.3. The van der Waals surface area contributed by atoms with Gasteiger partial charge in [0.2, 0.25) is 5.91 Å². The van der Waals surface area contributed by atoms with Crippen molar-refractivity contribution in [2.24, 2.45) is 5.41 Å². The molecule has 0 heterocycles. The van der Waals surface area contributed by atoms with Crippen molar-refractivity contribution < 1.29 is 14.7 Å². The van der Waals surface area contributed by atoms with Crippen molar-refractivity contribution in [2.45, 2.75) is 45.1 Å². The van der Waals surface area contributed by atoms with Crippen LogP contribution in [0.25, 0.3) is 0 Å². The molecule has 1 amide bonds. The molecular weight excluding hydrogens is 250 g/mol. The molecule has 0 spiro atoms. The summed E-state index contributed by atoms with van der Waals surface area (Å²) in [5.41, 5.74) is -0.801. The Morgan fingerprint density at radius 1 is 1.39 bits per heavy atom. The minimum absolute atomic E-state index is 0.0409. The lowest BCUT2D eigenvalue weighted by Crippen LogP contribution is -2.41. The fourth-order valence-corrected chi connectivity index (χ4v) is 3.24. The third kappa shape index (κ3) is 3.40. The maximum Gasteiger partial charge on any atom is 0.310 e. The summed E-state index contributed by atoms with van der Waals surface area (Å²) in [5.74, 6) is 0.0302. The Morgan fingerprint density at radius 3 is 2.39 bits per heavy atom. The van der Waals surface area contributed by atoms with Crippen LogP contribution in [0.1, 0.15) is 39.0 Å². The average Bonchev–Trinajstić information content (AvgIpc) is 2.78. The van der Waals surface area contributed by atoms with Crippen LogP contribution in [0.5, 0.6) is 0 Å². The molecule has 1 atom stereocenters. The summed E-state index contributed by atoms with van der Waals surface area (Å²) in [6, 6.07) is 0.153. The van der Waals surface area contributed by atoms with Crippen molar-refractivity contribution in [3.05, 3.63) is 0 Å². The molecule has 1 N–H and O–H groups in total. The topological polar surface area (TPSA) is 57.6 Å². The Bertz CT molecular complexity index is 313. The number of hydrogen-bond donors (Lipinski definition) is 1. The first-order valence-electron chi connectivity index (χ1n) is 6.41. The zero-order chi connectivity index (χ0) is 13.8. The number of hydrogen-bond acceptors (Lipinski definition) is 3. The summed E-state index contributed by atoms with van der Waals surface area (Å²) >= 11 is 1.69. The van der Waals surface area contributed by atoms with Gasteiger partial charge in [-0.1, -0.05) is 12.8 Å². The van der Waals surface area contributed by atoms with Gasteiger partial charge in [-0.3, -0.25) is 9.59 Å². The first-order valence-corrected chi connectivity index (χ1v) is 7.80. The van der Waals surface area contributed by atoms with Gasteiger partial charge in [0.25, 0.3) is 0 Å². The van der Waals surface area contributed by atoms with Crippen LogP contribution in [0, 0.1) is 5.41 Å². The maximum absolute atomic E-state index is 12.2. The van der Waals surface area contributed by atoms with Crippen LogP contribution in [0.15, 0.2) is 0 Å². The molecule has 4 nitrogen and oxygen atoms in total. The highest BCUT2D eigenvalue weighted by Crippen LogP contribution is 2.41. The van der Waals surface area contributed by atoms with Crippen molar-refractivity contribution in [1.29, 1.82) is 0 Å². The van der Waals surface area contributed by atoms with Gasteiger partial charge in [0, 0.05) is 25.3 Å². The lowest BCUT2D eigenvalue weighted by molar-refractivity contribution is -0.153. The number of carboxylic acid groups (broad SMARTS) is 1. The van der Waals surface area contributed by atoms with Crippen LogP contribution in [0.3, 0.4) is 0 Å². The second kappa shape index (κ2) is 6.45. The van der Waals surface area contributed by atoms with E-state index in [0.717, 1.165) is 18.6 Å². The van der Waals surface area contributed by atoms with Gasteiger partial charge in [-0.2, -0.15) is 11.8 Å². The Hall–Kier alpha value is -0.710. The highest BCUT2D eigenvalue weighted by Gasteiger charge is 2.43. The number of carbonyl (C=O) groups is 2. The van der Waals surface area contributed by atoms with Crippen molar-refractivity contribution in [2.75, 3.05) is 19.1 Å². The number of nitrogens with zero attached hydrogens (tertiary/aromatic N) is 1. The number of rotatable bonds is 6. The fourth-order valence-electron chi connectivity index (χ4n) is 2.53. The lowest BCUT2D eigenvalue weighted by atomic mass is 9.82. The van der Waals surface area contributed by atoms with Gasteiger partial charge >= 0.3 is 5.97 Å². The van der Waals surface area contributed by atoms with Crippen LogP contribution >= 0.6 is 11.8 Å². The van der Waals surface area contributed by atoms with Crippen molar-refractivity contribution in [3.8, 4) is 0 Å². The SMILES string of the molecule is CSCC(C)N(C)C(=O)CC1(C(=O)O)CCCC1. The molecule has 18 heavy (non-hydrogen) atoms. The van der Waals surface area contributed by atoms with Gasteiger partial charge in [0.1, 0.15) is 0 Å². The monoisotopic (exact) mass is 273 g/mol. The number of aliphatic carboxylic acids is 1. The fraction of sp³-hybridized carbons (Fsp3) is 0.846. The summed E-state index contributed by atoms with van der Waals surface area (Å²) in [5, 5.41) is 9.36. The van der Waals surface area contributed by atoms with E-state index in [2.05, 4.69) is 0 Å². The largest absolute Gasteiger partial charge is 0.481 e. The Balaban J connectivity index is 2.65. The molecule has 0 aromatic rings. The van der Waals surface area contributed by atoms with Crippen LogP contribution in [-0.2, 0) is 9.59 Å². The van der Waals surface area contributed by atoms with Crippen LogP contribution in [-0.4, -0.2) is 47.0 Å². The molecule has 1 aliphatic carbocycles. The molecule has 5 heteroatoms. The molecule has 1 unspecified atom stereocenters. The Labute approximate surface area is 113 Å². The van der Waals surface area contributed by atoms with Crippen LogP contribution in [0.4, 0.5) is 0 Å². The average molecular weight is 273 g/mol. The van der Waals surface area contributed by atoms with Gasteiger partial charge in [-0.05, 0) is 26.0 Å². The molecule has 0 bridgehead atoms. The molecular formula is C13H23NO3S. The molecule has 1 fully saturated rings. The van der Waals surface area contributed by atoms with E-state index < -0.39 is 11.4 Å². The number of amides is 1. The second-order valence-corrected chi connectivity index (χ2v) is 6.19. The second-order valence-electron chi connectivity index (χ2n) is 5.28. The normalized spacial score (nSPS) is 19.5. The lowest BCUT2D eigenvalue weighted by Gasteiger charge is -2.29. The molecule has 1 rings (SSSR count). The summed E-state index contributed by atoms with van der Waals surface area (Å²) in [6.45, 7) is 2.00. The summed E-state index contributed by atoms with van der Waals surface area (Å²) < 4.78 is 0. The van der Waals surface area contributed by atoms with E-state index in [4.69, 9.17) is 0 Å². The molecule has 0 radical (unpaired) electrons. The molecule has 0 aromatic carbocycles. The van der Waals surface area contributed by atoms with Gasteiger partial charge in [-0.25, -0.2) is 0 Å². The number of carbonyl (C=O) groups excluding carboxylic acids is 1. The van der Waals surface area contributed by atoms with E-state index in [9.17, 15) is 14.7 Å². The first kappa shape index (κ1) is 15.3. The number of carboxylic acids is 1. The first-order chi connectivity index (χ1) is 8.43. The zero-order valence-electron chi connectivity index (χ0n) is 11.4. The quantitative estimate of drug-likeness (QED) is 0.806. The predicted octanol–water partition coefficient (Wildman–Crippen LogP) is 2.23. The predicted molar refractivity (Wildman–Crippen MR) is 73.8 cm³/mol. The minimum atomic E-state index is -0.806. The van der Waals surface area contributed by atoms with Gasteiger partial charge in [0.05, 0.1) is 5.41 Å². The van der Waals surface area contributed by atoms with E-state index >= 15 is 0 Å². The van der Waals surface area contributed by atoms with Crippen molar-refractivity contribution >= 4 is 23.6 Å². The minimum Gasteiger partial charge on any atom is -0.481 e. The van der Waals surface area contributed by atoms with E-state index in [-0.39, 0.29) is 18.4 Å². The molecule has 104 valence electrons. The summed E-state index contributed by atoms with van der Waals surface area (Å²) in [4.78, 5) is 25.3. The molecule has 1 aliphatic rings. The molecule has 0 aliphatic heterocycles. The summed E-state index contributed by atoms with van der Waals surface area (Å²) in [7, 11) is 1.77. The van der Waals surface area contributed by atoms with Crippen molar-refractivity contribution in [1.82, 2.24) is 4.90 Å². The van der Waals surface area contributed by atoms with E-state index in [0.29, 0.717) is 12.8 Å². The number of thioether (sulfide) groups is 1. The molecule has 1 saturated carbocycles.